The Morgan fingerprint density at radius 1 is 0.962 bits per heavy atom. The van der Waals surface area contributed by atoms with Crippen molar-refractivity contribution < 1.29 is 0 Å². The molecule has 156 valence electrons. The number of allylic oxidation sites excluding steroid dienone is 5. The quantitative estimate of drug-likeness (QED) is 0.280. The SMILES string of the molecule is C=C/C=C\C.C=CC=C.CCCCC.CCNCCNC(=S)NC.CN. The maximum absolute atomic E-state index is 4.85. The molecule has 0 rings (SSSR count). The Morgan fingerprint density at radius 2 is 1.46 bits per heavy atom. The molecular weight excluding hydrogens is 340 g/mol. The lowest BCUT2D eigenvalue weighted by Crippen LogP contribution is -2.37. The molecule has 0 spiro atoms. The normalized spacial score (nSPS) is 7.81. The summed E-state index contributed by atoms with van der Waals surface area (Å²) in [5.41, 5.74) is 4.50. The molecule has 0 aliphatic heterocycles. The largest absolute Gasteiger partial charge is 0.366 e. The van der Waals surface area contributed by atoms with Gasteiger partial charge in [0.2, 0.25) is 0 Å². The van der Waals surface area contributed by atoms with Crippen LogP contribution in [-0.2, 0) is 0 Å². The molecule has 0 radical (unpaired) electrons. The van der Waals surface area contributed by atoms with Crippen LogP contribution in [-0.4, -0.2) is 38.8 Å². The third kappa shape index (κ3) is 78.4. The van der Waals surface area contributed by atoms with Crippen molar-refractivity contribution >= 4 is 17.3 Å². The topological polar surface area (TPSA) is 62.1 Å². The summed E-state index contributed by atoms with van der Waals surface area (Å²) >= 11 is 4.85. The van der Waals surface area contributed by atoms with Crippen molar-refractivity contribution in [2.45, 2.75) is 47.0 Å². The van der Waals surface area contributed by atoms with E-state index in [9.17, 15) is 0 Å². The Labute approximate surface area is 170 Å². The molecule has 0 saturated heterocycles. The van der Waals surface area contributed by atoms with Crippen LogP contribution < -0.4 is 21.7 Å². The summed E-state index contributed by atoms with van der Waals surface area (Å²) in [6, 6.07) is 0. The van der Waals surface area contributed by atoms with E-state index in [2.05, 4.69) is 62.2 Å². The minimum atomic E-state index is 0.706. The molecule has 0 aromatic carbocycles. The zero-order valence-corrected chi connectivity index (χ0v) is 19.1. The van der Waals surface area contributed by atoms with Gasteiger partial charge in [-0.1, -0.05) is 90.2 Å². The van der Waals surface area contributed by atoms with E-state index >= 15 is 0 Å². The fourth-order valence-corrected chi connectivity index (χ4v) is 1.12. The molecule has 4 nitrogen and oxygen atoms in total. The number of thiocarbonyl (C=S) groups is 1. The van der Waals surface area contributed by atoms with Gasteiger partial charge in [-0.15, -0.1) is 0 Å². The van der Waals surface area contributed by atoms with E-state index in [0.717, 1.165) is 19.6 Å². The average molecular weight is 387 g/mol. The third-order valence-electron chi connectivity index (χ3n) is 2.27. The van der Waals surface area contributed by atoms with Crippen molar-refractivity contribution in [2.24, 2.45) is 5.73 Å². The molecule has 0 aliphatic rings. The first-order valence-electron chi connectivity index (χ1n) is 9.27. The summed E-state index contributed by atoms with van der Waals surface area (Å²) in [5, 5.41) is 9.74. The molecule has 0 bridgehead atoms. The van der Waals surface area contributed by atoms with Crippen molar-refractivity contribution in [2.75, 3.05) is 33.7 Å². The fraction of sp³-hybridized carbons (Fsp3) is 0.571. The second-order valence-electron chi connectivity index (χ2n) is 4.45. The summed E-state index contributed by atoms with van der Waals surface area (Å²) in [7, 11) is 3.31. The second-order valence-corrected chi connectivity index (χ2v) is 4.85. The van der Waals surface area contributed by atoms with Crippen LogP contribution in [0.2, 0.25) is 0 Å². The van der Waals surface area contributed by atoms with Gasteiger partial charge in [0.1, 0.15) is 0 Å². The van der Waals surface area contributed by atoms with Crippen LogP contribution in [0, 0.1) is 0 Å². The maximum atomic E-state index is 4.85. The number of unbranched alkanes of at least 4 members (excludes halogenated alkanes) is 2. The van der Waals surface area contributed by atoms with Gasteiger partial charge in [-0.25, -0.2) is 0 Å². The molecule has 0 atom stereocenters. The minimum Gasteiger partial charge on any atom is -0.366 e. The zero-order chi connectivity index (χ0) is 21.5. The number of hydrogen-bond acceptors (Lipinski definition) is 3. The van der Waals surface area contributed by atoms with E-state index in [1.165, 1.54) is 26.3 Å². The highest BCUT2D eigenvalue weighted by Gasteiger charge is 1.87. The standard InChI is InChI=1S/C6H15N3S.C5H12.C5H8.C4H6.CH5N/c1-3-8-4-5-9-6(10)7-2;2*1-3-5-4-2;1-3-4-2;1-2/h8H,3-5H2,1-2H3,(H2,7,9,10);3-5H2,1-2H3;3-5H,1H2,2H3;3-4H,1-2H2;2H2,1H3/b;;5-4-;;. The van der Waals surface area contributed by atoms with E-state index in [-0.39, 0.29) is 0 Å². The summed E-state index contributed by atoms with van der Waals surface area (Å²) in [6.45, 7) is 21.5. The highest BCUT2D eigenvalue weighted by Crippen LogP contribution is 1.88. The number of nitrogens with two attached hydrogens (primary N) is 1. The minimum absolute atomic E-state index is 0.706. The van der Waals surface area contributed by atoms with Crippen LogP contribution in [0.3, 0.4) is 0 Å². The summed E-state index contributed by atoms with van der Waals surface area (Å²) in [6.07, 6.45) is 12.9. The van der Waals surface area contributed by atoms with Gasteiger partial charge < -0.3 is 21.7 Å². The highest BCUT2D eigenvalue weighted by molar-refractivity contribution is 7.80. The monoisotopic (exact) mass is 386 g/mol. The van der Waals surface area contributed by atoms with Crippen molar-refractivity contribution in [3.63, 3.8) is 0 Å². The molecule has 0 saturated carbocycles. The van der Waals surface area contributed by atoms with Crippen LogP contribution >= 0.6 is 12.2 Å². The molecule has 26 heavy (non-hydrogen) atoms. The third-order valence-corrected chi connectivity index (χ3v) is 2.62. The smallest absolute Gasteiger partial charge is 0.166 e. The molecule has 0 amide bonds. The number of nitrogens with one attached hydrogen (secondary N) is 3. The maximum Gasteiger partial charge on any atom is 0.166 e. The predicted molar refractivity (Wildman–Crippen MR) is 129 cm³/mol. The van der Waals surface area contributed by atoms with Gasteiger partial charge in [0.05, 0.1) is 0 Å². The predicted octanol–water partition coefficient (Wildman–Crippen LogP) is 4.57. The van der Waals surface area contributed by atoms with Crippen molar-refractivity contribution in [3.05, 3.63) is 50.1 Å². The van der Waals surface area contributed by atoms with Gasteiger partial charge in [0.15, 0.2) is 5.11 Å². The highest BCUT2D eigenvalue weighted by atomic mass is 32.1. The fourth-order valence-electron chi connectivity index (χ4n) is 1.02. The lowest BCUT2D eigenvalue weighted by Gasteiger charge is -2.05. The summed E-state index contributed by atoms with van der Waals surface area (Å²) < 4.78 is 0. The van der Waals surface area contributed by atoms with Crippen LogP contribution in [0.4, 0.5) is 0 Å². The average Bonchev–Trinajstić information content (AvgIpc) is 2.69. The van der Waals surface area contributed by atoms with Crippen LogP contribution in [0.5, 0.6) is 0 Å². The Kier molecular flexibility index (Phi) is 67.9. The van der Waals surface area contributed by atoms with E-state index in [1.807, 2.05) is 26.1 Å². The Hall–Kier alpha value is -1.43. The van der Waals surface area contributed by atoms with Gasteiger partial charge in [-0.05, 0) is 32.7 Å². The van der Waals surface area contributed by atoms with E-state index in [0.29, 0.717) is 5.11 Å². The lowest BCUT2D eigenvalue weighted by molar-refractivity contribution is 0.695. The molecule has 0 aromatic rings. The summed E-state index contributed by atoms with van der Waals surface area (Å²) in [4.78, 5) is 0. The van der Waals surface area contributed by atoms with Crippen LogP contribution in [0.15, 0.2) is 50.1 Å². The van der Waals surface area contributed by atoms with Crippen LogP contribution in [0.25, 0.3) is 0 Å². The van der Waals surface area contributed by atoms with Crippen molar-refractivity contribution in [1.82, 2.24) is 16.0 Å². The first-order valence-corrected chi connectivity index (χ1v) is 9.67. The Balaban J connectivity index is -0.0000000785. The van der Waals surface area contributed by atoms with E-state index in [4.69, 9.17) is 12.2 Å². The van der Waals surface area contributed by atoms with E-state index < -0.39 is 0 Å². The molecule has 5 heteroatoms. The first-order chi connectivity index (χ1) is 12.6. The van der Waals surface area contributed by atoms with Gasteiger partial charge in [-0.3, -0.25) is 0 Å². The molecule has 0 aromatic heterocycles. The molecule has 0 aliphatic carbocycles. The zero-order valence-electron chi connectivity index (χ0n) is 18.2. The van der Waals surface area contributed by atoms with Gasteiger partial charge in [0.25, 0.3) is 0 Å². The van der Waals surface area contributed by atoms with E-state index in [1.54, 1.807) is 18.2 Å². The molecule has 0 fully saturated rings. The number of hydrogen-bond donors (Lipinski definition) is 4. The summed E-state index contributed by atoms with van der Waals surface area (Å²) in [5.74, 6) is 0. The second kappa shape index (κ2) is 49.5. The molecule has 0 unspecified atom stereocenters. The molecule has 0 heterocycles. The van der Waals surface area contributed by atoms with Crippen LogP contribution in [0.1, 0.15) is 47.0 Å². The Bertz CT molecular complexity index is 282. The Morgan fingerprint density at radius 3 is 1.65 bits per heavy atom. The van der Waals surface area contributed by atoms with Crippen molar-refractivity contribution in [1.29, 1.82) is 0 Å². The number of likely N-dealkylation sites (N-methyl/N-ethyl adjacent to an activating group) is 1. The number of rotatable bonds is 8. The van der Waals surface area contributed by atoms with Crippen molar-refractivity contribution in [3.8, 4) is 0 Å². The molecular formula is C21H46N4S. The van der Waals surface area contributed by atoms with Gasteiger partial charge in [0, 0.05) is 20.1 Å². The first kappa shape index (κ1) is 35.6. The van der Waals surface area contributed by atoms with Gasteiger partial charge in [-0.2, -0.15) is 0 Å². The lowest BCUT2D eigenvalue weighted by atomic mass is 10.3. The van der Waals surface area contributed by atoms with Gasteiger partial charge >= 0.3 is 0 Å². The molecule has 5 N–H and O–H groups in total.